The van der Waals surface area contributed by atoms with Crippen molar-refractivity contribution in [2.75, 3.05) is 0 Å². The second kappa shape index (κ2) is 3.98. The summed E-state index contributed by atoms with van der Waals surface area (Å²) in [7, 11) is 0. The minimum atomic E-state index is 0.666. The van der Waals surface area contributed by atoms with Crippen molar-refractivity contribution in [1.29, 1.82) is 0 Å². The van der Waals surface area contributed by atoms with Gasteiger partial charge < -0.3 is 8.98 Å². The minimum absolute atomic E-state index is 0.666. The van der Waals surface area contributed by atoms with Crippen LogP contribution in [-0.2, 0) is 6.54 Å². The lowest BCUT2D eigenvalue weighted by atomic mass is 10.1. The molecule has 0 unspecified atom stereocenters. The summed E-state index contributed by atoms with van der Waals surface area (Å²) in [6.07, 6.45) is 6.50. The standard InChI is InChI=1S/C16H16N2O/c1-11-13-4-2-3-5-14(13)19-15(11)10-18-9-8-17-16(18)12-6-7-12/h2-5,8-9,12H,6-7,10H2,1H3. The van der Waals surface area contributed by atoms with Gasteiger partial charge in [-0.1, -0.05) is 18.2 Å². The van der Waals surface area contributed by atoms with Crippen molar-refractivity contribution in [1.82, 2.24) is 9.55 Å². The van der Waals surface area contributed by atoms with Crippen LogP contribution >= 0.6 is 0 Å². The number of aromatic nitrogens is 2. The van der Waals surface area contributed by atoms with Gasteiger partial charge in [-0.3, -0.25) is 0 Å². The molecular weight excluding hydrogens is 236 g/mol. The summed E-state index contributed by atoms with van der Waals surface area (Å²) in [6.45, 7) is 2.92. The molecule has 2 heterocycles. The summed E-state index contributed by atoms with van der Waals surface area (Å²) in [5, 5.41) is 1.21. The Balaban J connectivity index is 1.74. The first kappa shape index (κ1) is 10.9. The number of rotatable bonds is 3. The van der Waals surface area contributed by atoms with Crippen LogP contribution in [0.15, 0.2) is 41.1 Å². The highest BCUT2D eigenvalue weighted by molar-refractivity contribution is 5.81. The Kier molecular flexibility index (Phi) is 2.28. The van der Waals surface area contributed by atoms with Crippen LogP contribution < -0.4 is 0 Å². The molecule has 1 aromatic carbocycles. The van der Waals surface area contributed by atoms with E-state index in [1.54, 1.807) is 0 Å². The molecule has 19 heavy (non-hydrogen) atoms. The van der Waals surface area contributed by atoms with Crippen LogP contribution in [0.25, 0.3) is 11.0 Å². The van der Waals surface area contributed by atoms with Gasteiger partial charge in [-0.15, -0.1) is 0 Å². The van der Waals surface area contributed by atoms with E-state index in [9.17, 15) is 0 Å². The average molecular weight is 252 g/mol. The third-order valence-electron chi connectivity index (χ3n) is 3.95. The molecule has 0 bridgehead atoms. The molecule has 3 heteroatoms. The summed E-state index contributed by atoms with van der Waals surface area (Å²) < 4.78 is 8.20. The van der Waals surface area contributed by atoms with Crippen LogP contribution in [-0.4, -0.2) is 9.55 Å². The number of hydrogen-bond donors (Lipinski definition) is 0. The van der Waals surface area contributed by atoms with Gasteiger partial charge in [0.05, 0.1) is 6.54 Å². The van der Waals surface area contributed by atoms with Crippen molar-refractivity contribution in [2.45, 2.75) is 32.2 Å². The normalized spacial score (nSPS) is 15.2. The van der Waals surface area contributed by atoms with Crippen molar-refractivity contribution in [2.24, 2.45) is 0 Å². The maximum atomic E-state index is 5.98. The van der Waals surface area contributed by atoms with Crippen molar-refractivity contribution in [3.63, 3.8) is 0 Å². The summed E-state index contributed by atoms with van der Waals surface area (Å²) in [6, 6.07) is 8.22. The molecule has 1 aliphatic rings. The molecule has 1 fully saturated rings. The quantitative estimate of drug-likeness (QED) is 0.708. The van der Waals surface area contributed by atoms with E-state index in [0.717, 1.165) is 17.9 Å². The lowest BCUT2D eigenvalue weighted by molar-refractivity contribution is 0.518. The van der Waals surface area contributed by atoms with Crippen LogP contribution in [0.3, 0.4) is 0 Å². The van der Waals surface area contributed by atoms with Gasteiger partial charge in [-0.05, 0) is 25.8 Å². The number of para-hydroxylation sites is 1. The number of benzene rings is 1. The number of imidazole rings is 1. The largest absolute Gasteiger partial charge is 0.459 e. The Labute approximate surface area is 111 Å². The third-order valence-corrected chi connectivity index (χ3v) is 3.95. The third kappa shape index (κ3) is 1.77. The molecule has 96 valence electrons. The first-order valence-electron chi connectivity index (χ1n) is 6.81. The van der Waals surface area contributed by atoms with E-state index in [1.807, 2.05) is 18.3 Å². The van der Waals surface area contributed by atoms with Crippen LogP contribution in [0.4, 0.5) is 0 Å². The first-order chi connectivity index (χ1) is 9.33. The maximum Gasteiger partial charge on any atom is 0.134 e. The van der Waals surface area contributed by atoms with E-state index < -0.39 is 0 Å². The zero-order valence-electron chi connectivity index (χ0n) is 11.0. The number of furan rings is 1. The van der Waals surface area contributed by atoms with Crippen molar-refractivity contribution in [3.8, 4) is 0 Å². The van der Waals surface area contributed by atoms with E-state index in [-0.39, 0.29) is 0 Å². The van der Waals surface area contributed by atoms with Crippen molar-refractivity contribution < 1.29 is 4.42 Å². The van der Waals surface area contributed by atoms with Gasteiger partial charge in [0.25, 0.3) is 0 Å². The molecule has 0 amide bonds. The average Bonchev–Trinajstić information content (AvgIpc) is 3.10. The summed E-state index contributed by atoms with van der Waals surface area (Å²) in [5.74, 6) is 2.92. The number of nitrogens with zero attached hydrogens (tertiary/aromatic N) is 2. The molecule has 0 radical (unpaired) electrons. The summed E-state index contributed by atoms with van der Waals surface area (Å²) >= 11 is 0. The van der Waals surface area contributed by atoms with Crippen LogP contribution in [0.1, 0.15) is 35.9 Å². The Morgan fingerprint density at radius 2 is 2.16 bits per heavy atom. The van der Waals surface area contributed by atoms with E-state index in [1.165, 1.54) is 29.6 Å². The van der Waals surface area contributed by atoms with Crippen LogP contribution in [0.2, 0.25) is 0 Å². The number of fused-ring (bicyclic) bond motifs is 1. The molecule has 1 aliphatic carbocycles. The number of hydrogen-bond acceptors (Lipinski definition) is 2. The van der Waals surface area contributed by atoms with E-state index >= 15 is 0 Å². The fourth-order valence-electron chi connectivity index (χ4n) is 2.69. The fraction of sp³-hybridized carbons (Fsp3) is 0.312. The van der Waals surface area contributed by atoms with Crippen LogP contribution in [0, 0.1) is 6.92 Å². The predicted molar refractivity (Wildman–Crippen MR) is 74.3 cm³/mol. The summed E-state index contributed by atoms with van der Waals surface area (Å²) in [5.41, 5.74) is 2.22. The topological polar surface area (TPSA) is 31.0 Å². The highest BCUT2D eigenvalue weighted by Gasteiger charge is 2.28. The minimum Gasteiger partial charge on any atom is -0.459 e. The van der Waals surface area contributed by atoms with Gasteiger partial charge in [-0.25, -0.2) is 4.98 Å². The van der Waals surface area contributed by atoms with E-state index in [2.05, 4.69) is 34.8 Å². The van der Waals surface area contributed by atoms with Crippen molar-refractivity contribution in [3.05, 3.63) is 53.8 Å². The maximum absolute atomic E-state index is 5.98. The number of aryl methyl sites for hydroxylation is 1. The lowest BCUT2D eigenvalue weighted by Crippen LogP contribution is -2.03. The van der Waals surface area contributed by atoms with E-state index in [4.69, 9.17) is 4.42 Å². The predicted octanol–water partition coefficient (Wildman–Crippen LogP) is 3.86. The first-order valence-corrected chi connectivity index (χ1v) is 6.81. The zero-order chi connectivity index (χ0) is 12.8. The van der Waals surface area contributed by atoms with Gasteiger partial charge in [0, 0.05) is 29.3 Å². The Bertz CT molecular complexity index is 734. The molecule has 0 atom stereocenters. The lowest BCUT2D eigenvalue weighted by Gasteiger charge is -2.05. The molecule has 0 spiro atoms. The highest BCUT2D eigenvalue weighted by atomic mass is 16.3. The molecule has 3 nitrogen and oxygen atoms in total. The van der Waals surface area contributed by atoms with Gasteiger partial charge in [0.15, 0.2) is 0 Å². The molecular formula is C16H16N2O. The van der Waals surface area contributed by atoms with Crippen LogP contribution in [0.5, 0.6) is 0 Å². The van der Waals surface area contributed by atoms with Gasteiger partial charge in [0.1, 0.15) is 17.2 Å². The smallest absolute Gasteiger partial charge is 0.134 e. The summed E-state index contributed by atoms with van der Waals surface area (Å²) in [4.78, 5) is 4.48. The molecule has 4 rings (SSSR count). The molecule has 1 saturated carbocycles. The monoisotopic (exact) mass is 252 g/mol. The fourth-order valence-corrected chi connectivity index (χ4v) is 2.69. The zero-order valence-corrected chi connectivity index (χ0v) is 11.0. The Morgan fingerprint density at radius 3 is 2.95 bits per heavy atom. The highest BCUT2D eigenvalue weighted by Crippen LogP contribution is 2.39. The van der Waals surface area contributed by atoms with E-state index in [0.29, 0.717) is 5.92 Å². The Hall–Kier alpha value is -2.03. The second-order valence-corrected chi connectivity index (χ2v) is 5.33. The second-order valence-electron chi connectivity index (χ2n) is 5.33. The van der Waals surface area contributed by atoms with Gasteiger partial charge in [0.2, 0.25) is 0 Å². The van der Waals surface area contributed by atoms with Crippen molar-refractivity contribution >= 4 is 11.0 Å². The molecule has 0 saturated heterocycles. The molecule has 2 aromatic heterocycles. The molecule has 0 N–H and O–H groups in total. The Morgan fingerprint density at radius 1 is 1.32 bits per heavy atom. The SMILES string of the molecule is Cc1c(Cn2ccnc2C2CC2)oc2ccccc12. The molecule has 0 aliphatic heterocycles. The molecule has 3 aromatic rings. The van der Waals surface area contributed by atoms with Gasteiger partial charge >= 0.3 is 0 Å². The van der Waals surface area contributed by atoms with Gasteiger partial charge in [-0.2, -0.15) is 0 Å².